The Morgan fingerprint density at radius 3 is 2.48 bits per heavy atom. The summed E-state index contributed by atoms with van der Waals surface area (Å²) >= 11 is 0. The van der Waals surface area contributed by atoms with Crippen LogP contribution < -0.4 is 0 Å². The van der Waals surface area contributed by atoms with Crippen molar-refractivity contribution in [2.75, 3.05) is 25.4 Å². The maximum atomic E-state index is 10.8. The van der Waals surface area contributed by atoms with Gasteiger partial charge in [-0.1, -0.05) is 30.9 Å². The third kappa shape index (κ3) is 5.99. The van der Waals surface area contributed by atoms with Crippen molar-refractivity contribution < 1.29 is 17.5 Å². The van der Waals surface area contributed by atoms with E-state index in [2.05, 4.69) is 32.6 Å². The normalized spacial score (nSPS) is 12.3. The van der Waals surface area contributed by atoms with Crippen LogP contribution in [0.15, 0.2) is 30.8 Å². The summed E-state index contributed by atoms with van der Waals surface area (Å²) in [5, 5.41) is 0. The van der Waals surface area contributed by atoms with Crippen molar-refractivity contribution >= 4 is 16.2 Å². The second-order valence-electron chi connectivity index (χ2n) is 5.42. The Hall–Kier alpha value is -1.17. The fourth-order valence-electron chi connectivity index (χ4n) is 2.62. The molecule has 0 saturated carbocycles. The van der Waals surface area contributed by atoms with Gasteiger partial charge < -0.3 is 9.04 Å². The van der Waals surface area contributed by atoms with Crippen LogP contribution in [0.25, 0.3) is 6.08 Å². The summed E-state index contributed by atoms with van der Waals surface area (Å²) in [7, 11) is -4.12. The number of rotatable bonds is 9. The van der Waals surface area contributed by atoms with Crippen LogP contribution in [0.3, 0.4) is 0 Å². The molecule has 0 aliphatic heterocycles. The van der Waals surface area contributed by atoms with Gasteiger partial charge in [0.15, 0.2) is 0 Å². The van der Waals surface area contributed by atoms with Crippen molar-refractivity contribution in [3.8, 4) is 0 Å². The van der Waals surface area contributed by atoms with Gasteiger partial charge in [0.1, 0.15) is 6.54 Å². The van der Waals surface area contributed by atoms with E-state index in [9.17, 15) is 13.0 Å². The predicted molar refractivity (Wildman–Crippen MR) is 85.6 cm³/mol. The second kappa shape index (κ2) is 7.73. The van der Waals surface area contributed by atoms with Crippen molar-refractivity contribution in [2.24, 2.45) is 0 Å². The molecule has 0 N–H and O–H groups in total. The van der Waals surface area contributed by atoms with Gasteiger partial charge in [-0.25, -0.2) is 8.42 Å². The van der Waals surface area contributed by atoms with Crippen molar-refractivity contribution in [3.63, 3.8) is 0 Å². The van der Waals surface area contributed by atoms with Gasteiger partial charge in [0.05, 0.1) is 29.8 Å². The van der Waals surface area contributed by atoms with Crippen molar-refractivity contribution in [2.45, 2.75) is 26.8 Å². The molecule has 0 spiro atoms. The first-order chi connectivity index (χ1) is 9.84. The number of hydrogen-bond donors (Lipinski definition) is 0. The highest BCUT2D eigenvalue weighted by Gasteiger charge is 2.23. The Labute approximate surface area is 128 Å². The maximum Gasteiger partial charge on any atom is 0.104 e. The fraction of sp³-hybridized carbons (Fsp3) is 0.500. The summed E-state index contributed by atoms with van der Waals surface area (Å²) in [6.07, 6.45) is 2.23. The molecule has 0 amide bonds. The summed E-state index contributed by atoms with van der Waals surface area (Å²) in [6.45, 7) is 11.3. The Morgan fingerprint density at radius 2 is 1.95 bits per heavy atom. The van der Waals surface area contributed by atoms with E-state index in [0.29, 0.717) is 13.0 Å². The lowest BCUT2D eigenvalue weighted by molar-refractivity contribution is -0.937. The van der Waals surface area contributed by atoms with Gasteiger partial charge in [-0.3, -0.25) is 0 Å². The van der Waals surface area contributed by atoms with Gasteiger partial charge in [0.2, 0.25) is 0 Å². The summed E-state index contributed by atoms with van der Waals surface area (Å²) in [5.41, 5.74) is 2.29. The average molecular weight is 311 g/mol. The maximum absolute atomic E-state index is 10.8. The molecule has 0 bridgehead atoms. The third-order valence-corrected chi connectivity index (χ3v) is 4.86. The molecule has 1 aromatic carbocycles. The molecule has 1 aromatic rings. The van der Waals surface area contributed by atoms with E-state index in [0.717, 1.165) is 29.7 Å². The van der Waals surface area contributed by atoms with Gasteiger partial charge in [-0.05, 0) is 25.5 Å². The topological polar surface area (TPSA) is 57.2 Å². The van der Waals surface area contributed by atoms with Gasteiger partial charge in [-0.2, -0.15) is 0 Å². The molecule has 0 aromatic heterocycles. The Bertz CT molecular complexity index is 563. The monoisotopic (exact) mass is 311 g/mol. The molecule has 1 rings (SSSR count). The van der Waals surface area contributed by atoms with E-state index in [1.54, 1.807) is 0 Å². The van der Waals surface area contributed by atoms with E-state index in [4.69, 9.17) is 0 Å². The molecule has 4 nitrogen and oxygen atoms in total. The molecule has 0 aliphatic carbocycles. The first-order valence-corrected chi connectivity index (χ1v) is 8.92. The standard InChI is InChI=1S/C16H25NO3S/c1-4-15-9-7-10-16(13-15)14-17(5-2,6-3)11-8-12-21(18,19)20/h4,7,9-10,13H,1,5-6,8,11-12,14H2,2-3H3. The zero-order chi connectivity index (χ0) is 15.9. The Balaban J connectivity index is 2.81. The van der Waals surface area contributed by atoms with Crippen LogP contribution in [0.2, 0.25) is 0 Å². The lowest BCUT2D eigenvalue weighted by Crippen LogP contribution is -2.48. The lowest BCUT2D eigenvalue weighted by atomic mass is 10.1. The van der Waals surface area contributed by atoms with Gasteiger partial charge >= 0.3 is 0 Å². The molecule has 5 heteroatoms. The predicted octanol–water partition coefficient (Wildman–Crippen LogP) is 2.62. The van der Waals surface area contributed by atoms with Crippen molar-refractivity contribution in [1.29, 1.82) is 0 Å². The van der Waals surface area contributed by atoms with Crippen LogP contribution in [0.5, 0.6) is 0 Å². The minimum atomic E-state index is -4.12. The number of benzene rings is 1. The minimum Gasteiger partial charge on any atom is -0.748 e. The summed E-state index contributed by atoms with van der Waals surface area (Å²) < 4.78 is 33.1. The minimum absolute atomic E-state index is 0.278. The molecule has 0 saturated heterocycles. The highest BCUT2D eigenvalue weighted by molar-refractivity contribution is 7.85. The molecule has 0 heterocycles. The Morgan fingerprint density at radius 1 is 1.29 bits per heavy atom. The summed E-state index contributed by atoms with van der Waals surface area (Å²) in [4.78, 5) is 0. The summed E-state index contributed by atoms with van der Waals surface area (Å²) in [6, 6.07) is 8.20. The van der Waals surface area contributed by atoms with Crippen LogP contribution >= 0.6 is 0 Å². The van der Waals surface area contributed by atoms with Crippen LogP contribution in [-0.2, 0) is 16.7 Å². The SMILES string of the molecule is C=Cc1cccc(C[N+](CC)(CC)CCCS(=O)(=O)[O-])c1. The Kier molecular flexibility index (Phi) is 6.58. The molecule has 0 unspecified atom stereocenters. The molecule has 0 radical (unpaired) electrons. The van der Waals surface area contributed by atoms with E-state index in [-0.39, 0.29) is 5.75 Å². The zero-order valence-corrected chi connectivity index (χ0v) is 13.7. The third-order valence-electron chi connectivity index (χ3n) is 4.07. The molecule has 0 fully saturated rings. The molecule has 21 heavy (non-hydrogen) atoms. The molecular formula is C16H25NO3S. The van der Waals surface area contributed by atoms with E-state index in [1.807, 2.05) is 18.2 Å². The molecule has 118 valence electrons. The molecule has 0 atom stereocenters. The van der Waals surface area contributed by atoms with Gasteiger partial charge in [-0.15, -0.1) is 0 Å². The van der Waals surface area contributed by atoms with Gasteiger partial charge in [0.25, 0.3) is 0 Å². The van der Waals surface area contributed by atoms with Crippen molar-refractivity contribution in [1.82, 2.24) is 0 Å². The highest BCUT2D eigenvalue weighted by Crippen LogP contribution is 2.17. The smallest absolute Gasteiger partial charge is 0.104 e. The number of hydrogen-bond acceptors (Lipinski definition) is 3. The van der Waals surface area contributed by atoms with Crippen molar-refractivity contribution in [3.05, 3.63) is 42.0 Å². The van der Waals surface area contributed by atoms with Crippen LogP contribution in [0.4, 0.5) is 0 Å². The van der Waals surface area contributed by atoms with E-state index < -0.39 is 10.1 Å². The molecule has 0 aliphatic rings. The fourth-order valence-corrected chi connectivity index (χ4v) is 3.11. The largest absolute Gasteiger partial charge is 0.748 e. The first kappa shape index (κ1) is 17.9. The molecular weight excluding hydrogens is 286 g/mol. The lowest BCUT2D eigenvalue weighted by Gasteiger charge is -2.37. The van der Waals surface area contributed by atoms with Gasteiger partial charge in [0, 0.05) is 17.7 Å². The quantitative estimate of drug-likeness (QED) is 0.520. The number of quaternary nitrogens is 1. The van der Waals surface area contributed by atoms with Crippen LogP contribution in [0.1, 0.15) is 31.4 Å². The first-order valence-electron chi connectivity index (χ1n) is 7.34. The average Bonchev–Trinajstić information content (AvgIpc) is 2.45. The number of nitrogens with zero attached hydrogens (tertiary/aromatic N) is 1. The van der Waals surface area contributed by atoms with Crippen LogP contribution in [-0.4, -0.2) is 42.8 Å². The summed E-state index contributed by atoms with van der Waals surface area (Å²) in [5.74, 6) is -0.278. The second-order valence-corrected chi connectivity index (χ2v) is 6.94. The van der Waals surface area contributed by atoms with E-state index >= 15 is 0 Å². The van der Waals surface area contributed by atoms with Crippen LogP contribution in [0, 0.1) is 0 Å². The highest BCUT2D eigenvalue weighted by atomic mass is 32.2. The zero-order valence-electron chi connectivity index (χ0n) is 12.9. The van der Waals surface area contributed by atoms with E-state index in [1.165, 1.54) is 5.56 Å².